The Kier molecular flexibility index (Phi) is 7.82. The van der Waals surface area contributed by atoms with Crippen molar-refractivity contribution in [3.05, 3.63) is 70.9 Å². The van der Waals surface area contributed by atoms with Crippen molar-refractivity contribution in [2.45, 2.75) is 51.3 Å². The molecule has 1 unspecified atom stereocenters. The van der Waals surface area contributed by atoms with Crippen LogP contribution in [-0.4, -0.2) is 72.8 Å². The molecule has 2 aliphatic heterocycles. The number of likely N-dealkylation sites (tertiary alicyclic amines) is 1. The molecule has 0 spiro atoms. The van der Waals surface area contributed by atoms with E-state index in [1.54, 1.807) is 6.07 Å². The van der Waals surface area contributed by atoms with Crippen LogP contribution in [0.5, 0.6) is 5.75 Å². The second-order valence-electron chi connectivity index (χ2n) is 11.2. The smallest absolute Gasteiger partial charge is 0.180 e. The fraction of sp³-hybridized carbons (Fsp3) is 0.467. The van der Waals surface area contributed by atoms with Crippen molar-refractivity contribution < 1.29 is 17.9 Å². The standard InChI is InChI=1S/C30H36F3N5O/c1-18(2)38-17-28(36(3)4)39-30-24(32)14-21(15-26(30)38)29-25(33)16-34-27(35-29)13-19-6-7-22(23(31)12-19)20-8-10-37(5)11-9-20/h6-7,12,14-16,18,20,28H,8-11,13,17H2,1-5H3. The summed E-state index contributed by atoms with van der Waals surface area (Å²) in [5.74, 6) is -0.768. The van der Waals surface area contributed by atoms with Crippen LogP contribution in [0.2, 0.25) is 0 Å². The number of halogens is 3. The van der Waals surface area contributed by atoms with Crippen LogP contribution in [-0.2, 0) is 6.42 Å². The number of likely N-dealkylation sites (N-methyl/N-ethyl adjacent to an activating group) is 1. The number of fused-ring (bicyclic) bond motifs is 1. The second kappa shape index (κ2) is 11.1. The van der Waals surface area contributed by atoms with E-state index in [2.05, 4.69) is 21.9 Å². The first-order valence-electron chi connectivity index (χ1n) is 13.5. The number of rotatable bonds is 6. The Bertz CT molecular complexity index is 1340. The minimum Gasteiger partial charge on any atom is -0.468 e. The van der Waals surface area contributed by atoms with E-state index in [1.807, 2.05) is 49.9 Å². The van der Waals surface area contributed by atoms with Crippen LogP contribution in [0.4, 0.5) is 18.9 Å². The van der Waals surface area contributed by atoms with E-state index in [9.17, 15) is 4.39 Å². The van der Waals surface area contributed by atoms with Crippen LogP contribution >= 0.6 is 0 Å². The minimum absolute atomic E-state index is 0.00329. The molecule has 3 heterocycles. The lowest BCUT2D eigenvalue weighted by Gasteiger charge is -2.41. The highest BCUT2D eigenvalue weighted by Gasteiger charge is 2.32. The Morgan fingerprint density at radius 3 is 2.44 bits per heavy atom. The molecule has 39 heavy (non-hydrogen) atoms. The van der Waals surface area contributed by atoms with Crippen molar-refractivity contribution in [1.82, 2.24) is 19.8 Å². The van der Waals surface area contributed by atoms with Crippen molar-refractivity contribution in [2.75, 3.05) is 45.7 Å². The third-order valence-electron chi connectivity index (χ3n) is 7.79. The maximum absolute atomic E-state index is 15.3. The van der Waals surface area contributed by atoms with E-state index in [-0.39, 0.29) is 41.9 Å². The van der Waals surface area contributed by atoms with Gasteiger partial charge in [-0.15, -0.1) is 0 Å². The third kappa shape index (κ3) is 5.75. The lowest BCUT2D eigenvalue weighted by molar-refractivity contribution is 0.0566. The highest BCUT2D eigenvalue weighted by molar-refractivity contribution is 5.72. The summed E-state index contributed by atoms with van der Waals surface area (Å²) >= 11 is 0. The van der Waals surface area contributed by atoms with Gasteiger partial charge in [-0.1, -0.05) is 12.1 Å². The first-order valence-corrected chi connectivity index (χ1v) is 13.5. The number of hydrogen-bond donors (Lipinski definition) is 0. The molecular formula is C30H36F3N5O. The zero-order valence-corrected chi connectivity index (χ0v) is 23.2. The van der Waals surface area contributed by atoms with Gasteiger partial charge in [0.05, 0.1) is 18.4 Å². The molecule has 208 valence electrons. The quantitative estimate of drug-likeness (QED) is 0.415. The van der Waals surface area contributed by atoms with E-state index < -0.39 is 11.6 Å². The lowest BCUT2D eigenvalue weighted by Crippen LogP contribution is -2.50. The van der Waals surface area contributed by atoms with Gasteiger partial charge in [-0.3, -0.25) is 4.90 Å². The van der Waals surface area contributed by atoms with E-state index in [0.717, 1.165) is 37.7 Å². The Labute approximate surface area is 228 Å². The highest BCUT2D eigenvalue weighted by Crippen LogP contribution is 2.41. The molecule has 0 N–H and O–H groups in total. The number of aromatic nitrogens is 2. The summed E-state index contributed by atoms with van der Waals surface area (Å²) in [4.78, 5) is 14.8. The minimum atomic E-state index is -0.652. The zero-order valence-electron chi connectivity index (χ0n) is 23.2. The van der Waals surface area contributed by atoms with E-state index >= 15 is 8.78 Å². The van der Waals surface area contributed by atoms with Crippen LogP contribution < -0.4 is 9.64 Å². The van der Waals surface area contributed by atoms with E-state index in [1.165, 1.54) is 12.1 Å². The van der Waals surface area contributed by atoms with Crippen molar-refractivity contribution in [3.63, 3.8) is 0 Å². The molecule has 0 radical (unpaired) electrons. The van der Waals surface area contributed by atoms with Gasteiger partial charge in [-0.25, -0.2) is 23.1 Å². The molecule has 1 aromatic heterocycles. The highest BCUT2D eigenvalue weighted by atomic mass is 19.1. The van der Waals surface area contributed by atoms with Crippen LogP contribution in [0.3, 0.4) is 0 Å². The van der Waals surface area contributed by atoms with E-state index in [4.69, 9.17) is 4.74 Å². The summed E-state index contributed by atoms with van der Waals surface area (Å²) in [5.41, 5.74) is 2.31. The Balaban J connectivity index is 1.42. The molecular weight excluding hydrogens is 503 g/mol. The number of piperidine rings is 1. The van der Waals surface area contributed by atoms with Gasteiger partial charge in [0.15, 0.2) is 23.6 Å². The maximum Gasteiger partial charge on any atom is 0.180 e. The number of nitrogens with zero attached hydrogens (tertiary/aromatic N) is 5. The normalized spacial score (nSPS) is 18.5. The average Bonchev–Trinajstić information content (AvgIpc) is 2.90. The molecule has 0 bridgehead atoms. The van der Waals surface area contributed by atoms with Gasteiger partial charge < -0.3 is 14.5 Å². The number of hydrogen-bond acceptors (Lipinski definition) is 6. The zero-order chi connectivity index (χ0) is 27.8. The van der Waals surface area contributed by atoms with Gasteiger partial charge in [0.25, 0.3) is 0 Å². The molecule has 2 aromatic carbocycles. The Morgan fingerprint density at radius 2 is 1.77 bits per heavy atom. The summed E-state index contributed by atoms with van der Waals surface area (Å²) < 4.78 is 51.3. The van der Waals surface area contributed by atoms with Crippen molar-refractivity contribution in [3.8, 4) is 17.0 Å². The lowest BCUT2D eigenvalue weighted by atomic mass is 9.88. The monoisotopic (exact) mass is 539 g/mol. The van der Waals surface area contributed by atoms with Gasteiger partial charge in [-0.2, -0.15) is 0 Å². The van der Waals surface area contributed by atoms with Crippen molar-refractivity contribution in [2.24, 2.45) is 0 Å². The number of anilines is 1. The number of ether oxygens (including phenoxy) is 1. The first-order chi connectivity index (χ1) is 18.6. The van der Waals surface area contributed by atoms with E-state index in [0.29, 0.717) is 29.2 Å². The topological polar surface area (TPSA) is 44.7 Å². The maximum atomic E-state index is 15.3. The summed E-state index contributed by atoms with van der Waals surface area (Å²) in [5, 5.41) is 0. The van der Waals surface area contributed by atoms with Gasteiger partial charge in [0.1, 0.15) is 17.3 Å². The molecule has 1 saturated heterocycles. The Hall–Kier alpha value is -3.17. The van der Waals surface area contributed by atoms with Gasteiger partial charge >= 0.3 is 0 Å². The van der Waals surface area contributed by atoms with Crippen LogP contribution in [0.25, 0.3) is 11.3 Å². The molecule has 1 fully saturated rings. The molecule has 6 nitrogen and oxygen atoms in total. The molecule has 2 aliphatic rings. The number of benzene rings is 2. The fourth-order valence-corrected chi connectivity index (χ4v) is 5.45. The summed E-state index contributed by atoms with van der Waals surface area (Å²) in [6.07, 6.45) is 2.88. The molecule has 0 saturated carbocycles. The first kappa shape index (κ1) is 27.4. The average molecular weight is 540 g/mol. The van der Waals surface area contributed by atoms with Crippen LogP contribution in [0.15, 0.2) is 36.5 Å². The molecule has 5 rings (SSSR count). The second-order valence-corrected chi connectivity index (χ2v) is 11.2. The predicted octanol–water partition coefficient (Wildman–Crippen LogP) is 5.46. The molecule has 0 aliphatic carbocycles. The summed E-state index contributed by atoms with van der Waals surface area (Å²) in [7, 11) is 5.85. The molecule has 9 heteroatoms. The SMILES string of the molecule is CC(C)N1CC(N(C)C)Oc2c(F)cc(-c3nc(Cc4ccc(C5CCN(C)CC5)c(F)c4)ncc3F)cc21. The Morgan fingerprint density at radius 1 is 1.03 bits per heavy atom. The van der Waals surface area contributed by atoms with Crippen molar-refractivity contribution in [1.29, 1.82) is 0 Å². The molecule has 1 atom stereocenters. The largest absolute Gasteiger partial charge is 0.468 e. The van der Waals surface area contributed by atoms with Gasteiger partial charge in [0, 0.05) is 18.0 Å². The van der Waals surface area contributed by atoms with Gasteiger partial charge in [0.2, 0.25) is 0 Å². The predicted molar refractivity (Wildman–Crippen MR) is 147 cm³/mol. The molecule has 3 aromatic rings. The van der Waals surface area contributed by atoms with Crippen LogP contribution in [0.1, 0.15) is 49.6 Å². The van der Waals surface area contributed by atoms with Crippen LogP contribution in [0, 0.1) is 17.5 Å². The fourth-order valence-electron chi connectivity index (χ4n) is 5.45. The van der Waals surface area contributed by atoms with Crippen molar-refractivity contribution >= 4 is 5.69 Å². The van der Waals surface area contributed by atoms with Gasteiger partial charge in [-0.05, 0) is 96.2 Å². The summed E-state index contributed by atoms with van der Waals surface area (Å²) in [6, 6.07) is 8.31. The third-order valence-corrected chi connectivity index (χ3v) is 7.79. The molecule has 0 amide bonds. The summed E-state index contributed by atoms with van der Waals surface area (Å²) in [6.45, 7) is 6.49.